The second-order valence-corrected chi connectivity index (χ2v) is 5.61. The molecule has 0 saturated carbocycles. The Hall–Kier alpha value is -1.89. The number of nitrogen functional groups attached to an aromatic ring is 1. The summed E-state index contributed by atoms with van der Waals surface area (Å²) >= 11 is -2.31. The molecule has 5 N–H and O–H groups in total. The van der Waals surface area contributed by atoms with Gasteiger partial charge in [0, 0.05) is 24.5 Å². The summed E-state index contributed by atoms with van der Waals surface area (Å²) in [4.78, 5) is 0. The van der Waals surface area contributed by atoms with E-state index in [4.69, 9.17) is 11.5 Å². The minimum atomic E-state index is -2.31. The highest BCUT2D eigenvalue weighted by atomic mass is 32.2. The average molecular weight is 304 g/mol. The summed E-state index contributed by atoms with van der Waals surface area (Å²) in [6.07, 6.45) is 0. The molecule has 0 saturated heterocycles. The quantitative estimate of drug-likeness (QED) is 0.555. The van der Waals surface area contributed by atoms with Gasteiger partial charge in [-0.05, 0) is 40.4 Å². The van der Waals surface area contributed by atoms with E-state index in [1.807, 2.05) is 18.2 Å². The predicted molar refractivity (Wildman–Crippen MR) is 85.6 cm³/mol. The van der Waals surface area contributed by atoms with E-state index in [2.05, 4.69) is 5.32 Å². The minimum Gasteiger partial charge on any atom is -0.772 e. The third-order valence-corrected chi connectivity index (χ3v) is 4.02. The summed E-state index contributed by atoms with van der Waals surface area (Å²) in [6, 6.07) is 14.3. The van der Waals surface area contributed by atoms with Crippen molar-refractivity contribution in [2.24, 2.45) is 5.73 Å². The highest BCUT2D eigenvalue weighted by molar-refractivity contribution is 7.79. The van der Waals surface area contributed by atoms with Crippen molar-refractivity contribution in [2.45, 2.75) is 5.25 Å². The van der Waals surface area contributed by atoms with Crippen molar-refractivity contribution in [1.82, 2.24) is 0 Å². The number of nitrogens with one attached hydrogen (secondary N) is 1. The van der Waals surface area contributed by atoms with Crippen LogP contribution in [-0.2, 0) is 11.1 Å². The molecule has 0 bridgehead atoms. The van der Waals surface area contributed by atoms with Gasteiger partial charge in [0.15, 0.2) is 0 Å². The van der Waals surface area contributed by atoms with E-state index in [-0.39, 0.29) is 0 Å². The second-order valence-electron chi connectivity index (χ2n) is 4.61. The van der Waals surface area contributed by atoms with Crippen LogP contribution < -0.4 is 16.8 Å². The van der Waals surface area contributed by atoms with Gasteiger partial charge in [0.2, 0.25) is 0 Å². The summed E-state index contributed by atoms with van der Waals surface area (Å²) in [5.74, 6) is 0. The largest absolute Gasteiger partial charge is 0.772 e. The first-order valence-corrected chi connectivity index (χ1v) is 7.73. The Bertz CT molecular complexity index is 620. The van der Waals surface area contributed by atoms with Crippen LogP contribution in [0.15, 0.2) is 48.5 Å². The molecule has 0 fully saturated rings. The maximum atomic E-state index is 11.7. The highest BCUT2D eigenvalue weighted by Crippen LogP contribution is 2.33. The molecule has 0 aliphatic carbocycles. The zero-order valence-electron chi connectivity index (χ0n) is 11.5. The Balaban J connectivity index is 2.49. The fourth-order valence-corrected chi connectivity index (χ4v) is 2.97. The Kier molecular flexibility index (Phi) is 5.32. The van der Waals surface area contributed by atoms with Crippen LogP contribution in [0.5, 0.6) is 0 Å². The van der Waals surface area contributed by atoms with Crippen molar-refractivity contribution in [1.29, 1.82) is 0 Å². The lowest BCUT2D eigenvalue weighted by molar-refractivity contribution is 0.530. The molecule has 0 spiro atoms. The Morgan fingerprint density at radius 1 is 1.19 bits per heavy atom. The SMILES string of the molecule is NCCNc1ccc(N)cc1C(c1ccccc1)S(=O)[O-]. The van der Waals surface area contributed by atoms with E-state index < -0.39 is 16.3 Å². The van der Waals surface area contributed by atoms with E-state index >= 15 is 0 Å². The first kappa shape index (κ1) is 15.5. The lowest BCUT2D eigenvalue weighted by atomic mass is 10.0. The van der Waals surface area contributed by atoms with Crippen molar-refractivity contribution in [2.75, 3.05) is 24.1 Å². The fraction of sp³-hybridized carbons (Fsp3) is 0.200. The van der Waals surface area contributed by atoms with E-state index in [1.165, 1.54) is 0 Å². The van der Waals surface area contributed by atoms with E-state index in [1.54, 1.807) is 30.3 Å². The maximum absolute atomic E-state index is 11.7. The van der Waals surface area contributed by atoms with Crippen LogP contribution in [0.1, 0.15) is 16.4 Å². The highest BCUT2D eigenvalue weighted by Gasteiger charge is 2.18. The van der Waals surface area contributed by atoms with Crippen molar-refractivity contribution in [3.63, 3.8) is 0 Å². The first-order chi connectivity index (χ1) is 10.1. The van der Waals surface area contributed by atoms with Gasteiger partial charge in [0.25, 0.3) is 0 Å². The average Bonchev–Trinajstić information content (AvgIpc) is 2.47. The van der Waals surface area contributed by atoms with Gasteiger partial charge >= 0.3 is 0 Å². The molecule has 0 aromatic heterocycles. The number of anilines is 2. The van der Waals surface area contributed by atoms with Crippen LogP contribution in [0.3, 0.4) is 0 Å². The topological polar surface area (TPSA) is 104 Å². The molecule has 21 heavy (non-hydrogen) atoms. The third-order valence-electron chi connectivity index (χ3n) is 3.11. The minimum absolute atomic E-state index is 0.459. The molecule has 5 nitrogen and oxygen atoms in total. The van der Waals surface area contributed by atoms with E-state index in [0.29, 0.717) is 29.9 Å². The van der Waals surface area contributed by atoms with Gasteiger partial charge < -0.3 is 21.3 Å². The Morgan fingerprint density at radius 3 is 2.52 bits per heavy atom. The van der Waals surface area contributed by atoms with Crippen LogP contribution >= 0.6 is 0 Å². The molecule has 6 heteroatoms. The van der Waals surface area contributed by atoms with Gasteiger partial charge in [-0.25, -0.2) is 0 Å². The molecular weight excluding hydrogens is 286 g/mol. The molecule has 0 radical (unpaired) electrons. The van der Waals surface area contributed by atoms with Gasteiger partial charge in [-0.15, -0.1) is 0 Å². The maximum Gasteiger partial charge on any atom is 0.0735 e. The van der Waals surface area contributed by atoms with Crippen LogP contribution in [-0.4, -0.2) is 21.9 Å². The summed E-state index contributed by atoms with van der Waals surface area (Å²) < 4.78 is 23.5. The van der Waals surface area contributed by atoms with Crippen LogP contribution in [0.4, 0.5) is 11.4 Å². The van der Waals surface area contributed by atoms with Gasteiger partial charge in [-0.1, -0.05) is 30.3 Å². The molecule has 112 valence electrons. The zero-order chi connectivity index (χ0) is 15.2. The van der Waals surface area contributed by atoms with Gasteiger partial charge in [0.05, 0.1) is 5.25 Å². The van der Waals surface area contributed by atoms with Gasteiger partial charge in [0.1, 0.15) is 0 Å². The number of nitrogens with two attached hydrogens (primary N) is 2. The molecule has 0 aliphatic heterocycles. The fourth-order valence-electron chi connectivity index (χ4n) is 2.19. The second kappa shape index (κ2) is 7.21. The molecule has 0 heterocycles. The Morgan fingerprint density at radius 2 is 1.90 bits per heavy atom. The summed E-state index contributed by atoms with van der Waals surface area (Å²) in [5.41, 5.74) is 13.9. The van der Waals surface area contributed by atoms with E-state index in [0.717, 1.165) is 5.69 Å². The number of hydrogen-bond donors (Lipinski definition) is 3. The van der Waals surface area contributed by atoms with Crippen LogP contribution in [0.2, 0.25) is 0 Å². The van der Waals surface area contributed by atoms with Crippen molar-refractivity contribution in [3.05, 3.63) is 59.7 Å². The molecule has 0 amide bonds. The number of hydrogen-bond acceptors (Lipinski definition) is 5. The molecule has 2 rings (SSSR count). The molecule has 2 unspecified atom stereocenters. The Labute approximate surface area is 126 Å². The molecular formula is C15H18N3O2S-. The zero-order valence-corrected chi connectivity index (χ0v) is 12.3. The van der Waals surface area contributed by atoms with Gasteiger partial charge in [-0.2, -0.15) is 0 Å². The normalized spacial score (nSPS) is 13.6. The summed E-state index contributed by atoms with van der Waals surface area (Å²) in [6.45, 7) is 1.02. The lowest BCUT2D eigenvalue weighted by Crippen LogP contribution is -2.16. The number of rotatable bonds is 6. The first-order valence-electron chi connectivity index (χ1n) is 6.60. The van der Waals surface area contributed by atoms with Crippen LogP contribution in [0.25, 0.3) is 0 Å². The number of benzene rings is 2. The molecule has 2 aromatic rings. The standard InChI is InChI=1S/C15H19N3O2S/c16-8-9-18-14-7-6-12(17)10-13(14)15(21(19)20)11-4-2-1-3-5-11/h1-7,10,15,18H,8-9,16-17H2,(H,19,20)/p-1. The van der Waals surface area contributed by atoms with Gasteiger partial charge in [-0.3, -0.25) is 4.21 Å². The lowest BCUT2D eigenvalue weighted by Gasteiger charge is -2.24. The summed E-state index contributed by atoms with van der Waals surface area (Å²) in [7, 11) is 0. The van der Waals surface area contributed by atoms with Crippen LogP contribution in [0, 0.1) is 0 Å². The smallest absolute Gasteiger partial charge is 0.0735 e. The summed E-state index contributed by atoms with van der Waals surface area (Å²) in [5, 5.41) is 2.37. The van der Waals surface area contributed by atoms with Crippen molar-refractivity contribution >= 4 is 22.5 Å². The molecule has 2 atom stereocenters. The van der Waals surface area contributed by atoms with E-state index in [9.17, 15) is 8.76 Å². The predicted octanol–water partition coefficient (Wildman–Crippen LogP) is 1.61. The van der Waals surface area contributed by atoms with Crippen molar-refractivity contribution in [3.8, 4) is 0 Å². The molecule has 0 aliphatic rings. The molecule has 2 aromatic carbocycles. The monoisotopic (exact) mass is 304 g/mol. The van der Waals surface area contributed by atoms with Crippen molar-refractivity contribution < 1.29 is 8.76 Å². The third kappa shape index (κ3) is 3.81.